The molecule has 2 aromatic rings. The van der Waals surface area contributed by atoms with Gasteiger partial charge in [0.1, 0.15) is 10.4 Å². The van der Waals surface area contributed by atoms with Gasteiger partial charge in [0.25, 0.3) is 0 Å². The molecule has 1 aliphatic rings. The van der Waals surface area contributed by atoms with E-state index in [4.69, 9.17) is 11.6 Å². The van der Waals surface area contributed by atoms with Gasteiger partial charge in [0.15, 0.2) is 15.7 Å². The number of carbonyl (C=O) groups excluding carboxylic acids is 2. The van der Waals surface area contributed by atoms with Crippen molar-refractivity contribution in [1.82, 2.24) is 9.97 Å². The minimum atomic E-state index is -3.50. The second kappa shape index (κ2) is 8.72. The molecule has 10 heteroatoms. The van der Waals surface area contributed by atoms with Crippen molar-refractivity contribution in [2.75, 3.05) is 11.6 Å². The number of carbonyl (C=O) groups is 2. The summed E-state index contributed by atoms with van der Waals surface area (Å²) < 4.78 is 24.4. The molecule has 0 saturated heterocycles. The van der Waals surface area contributed by atoms with Crippen molar-refractivity contribution in [2.45, 2.75) is 42.9 Å². The van der Waals surface area contributed by atoms with Gasteiger partial charge in [0, 0.05) is 19.1 Å². The zero-order valence-corrected chi connectivity index (χ0v) is 19.6. The Morgan fingerprint density at radius 3 is 2.60 bits per heavy atom. The highest BCUT2D eigenvalue weighted by Gasteiger charge is 2.40. The summed E-state index contributed by atoms with van der Waals surface area (Å²) in [5.41, 5.74) is -0.481. The van der Waals surface area contributed by atoms with Gasteiger partial charge in [-0.1, -0.05) is 17.7 Å². The van der Waals surface area contributed by atoms with Gasteiger partial charge in [0.2, 0.25) is 5.91 Å². The lowest BCUT2D eigenvalue weighted by Gasteiger charge is -2.31. The number of sulfone groups is 1. The summed E-state index contributed by atoms with van der Waals surface area (Å²) in [5, 5.41) is 2.83. The van der Waals surface area contributed by atoms with Gasteiger partial charge in [-0.2, -0.15) is 0 Å². The maximum Gasteiger partial charge on any atom is 0.235 e. The fourth-order valence-corrected chi connectivity index (χ4v) is 5.29. The fraction of sp³-hybridized carbons (Fsp3) is 0.400. The standard InChI is InChI=1S/C20H21BrClN3O4S/c1-20(9-12-3-5-14(26)7-12,19(27)25-18-11-23-17(21)10-24-18)13-4-6-16(15(22)8-13)30(2,28)29/h4,6,8,10-12H,3,5,7,9H2,1-2H3,(H,24,25,27). The molecular weight excluding hydrogens is 494 g/mol. The zero-order chi connectivity index (χ0) is 22.1. The SMILES string of the molecule is CC(CC1CCC(=O)C1)(C(=O)Nc1cnc(Br)cn1)c1ccc(S(C)(=O)=O)c(Cl)c1. The van der Waals surface area contributed by atoms with Crippen LogP contribution < -0.4 is 5.32 Å². The molecule has 1 fully saturated rings. The Kier molecular flexibility index (Phi) is 6.64. The molecular formula is C20H21BrClN3O4S. The molecule has 0 bridgehead atoms. The number of halogens is 2. The maximum atomic E-state index is 13.3. The Labute approximate surface area is 188 Å². The largest absolute Gasteiger partial charge is 0.309 e. The molecule has 1 heterocycles. The smallest absolute Gasteiger partial charge is 0.235 e. The van der Waals surface area contributed by atoms with E-state index in [1.54, 1.807) is 13.0 Å². The number of rotatable bonds is 6. The van der Waals surface area contributed by atoms with Gasteiger partial charge in [-0.3, -0.25) is 9.59 Å². The zero-order valence-electron chi connectivity index (χ0n) is 16.5. The van der Waals surface area contributed by atoms with Crippen LogP contribution in [0.25, 0.3) is 0 Å². The van der Waals surface area contributed by atoms with Crippen LogP contribution in [0.1, 0.15) is 38.2 Å². The molecule has 1 amide bonds. The topological polar surface area (TPSA) is 106 Å². The van der Waals surface area contributed by atoms with Crippen LogP contribution in [-0.2, 0) is 24.8 Å². The van der Waals surface area contributed by atoms with Crippen LogP contribution >= 0.6 is 27.5 Å². The van der Waals surface area contributed by atoms with E-state index >= 15 is 0 Å². The molecule has 7 nitrogen and oxygen atoms in total. The van der Waals surface area contributed by atoms with E-state index in [1.807, 2.05) is 0 Å². The van der Waals surface area contributed by atoms with Crippen LogP contribution in [0.15, 0.2) is 40.1 Å². The Hall–Kier alpha value is -1.84. The Morgan fingerprint density at radius 2 is 2.07 bits per heavy atom. The molecule has 2 unspecified atom stereocenters. The van der Waals surface area contributed by atoms with Crippen molar-refractivity contribution in [3.63, 3.8) is 0 Å². The molecule has 1 aliphatic carbocycles. The summed E-state index contributed by atoms with van der Waals surface area (Å²) in [6.07, 6.45) is 6.06. The molecule has 30 heavy (non-hydrogen) atoms. The van der Waals surface area contributed by atoms with Crippen LogP contribution in [-0.4, -0.2) is 36.3 Å². The molecule has 0 spiro atoms. The van der Waals surface area contributed by atoms with Crippen LogP contribution in [0.3, 0.4) is 0 Å². The lowest BCUT2D eigenvalue weighted by molar-refractivity contribution is -0.122. The first-order valence-corrected chi connectivity index (χ1v) is 12.4. The minimum absolute atomic E-state index is 0.00509. The summed E-state index contributed by atoms with van der Waals surface area (Å²) in [5.74, 6) is 0.196. The number of nitrogens with one attached hydrogen (secondary N) is 1. The van der Waals surface area contributed by atoms with Gasteiger partial charge < -0.3 is 5.32 Å². The number of hydrogen-bond donors (Lipinski definition) is 1. The van der Waals surface area contributed by atoms with Crippen LogP contribution in [0.5, 0.6) is 0 Å². The molecule has 1 saturated carbocycles. The van der Waals surface area contributed by atoms with E-state index < -0.39 is 15.3 Å². The average molecular weight is 515 g/mol. The number of amides is 1. The lowest BCUT2D eigenvalue weighted by atomic mass is 9.74. The first-order chi connectivity index (χ1) is 14.0. The highest BCUT2D eigenvalue weighted by Crippen LogP contribution is 2.39. The summed E-state index contributed by atoms with van der Waals surface area (Å²) in [6.45, 7) is 1.77. The fourth-order valence-electron chi connectivity index (χ4n) is 3.76. The average Bonchev–Trinajstić information content (AvgIpc) is 3.06. The number of nitrogens with zero attached hydrogens (tertiary/aromatic N) is 2. The molecule has 0 radical (unpaired) electrons. The van der Waals surface area contributed by atoms with E-state index in [9.17, 15) is 18.0 Å². The minimum Gasteiger partial charge on any atom is -0.309 e. The highest BCUT2D eigenvalue weighted by molar-refractivity contribution is 9.10. The number of benzene rings is 1. The van der Waals surface area contributed by atoms with Gasteiger partial charge in [-0.05, 0) is 59.3 Å². The van der Waals surface area contributed by atoms with E-state index in [1.165, 1.54) is 24.5 Å². The van der Waals surface area contributed by atoms with Crippen LogP contribution in [0, 0.1) is 5.92 Å². The predicted octanol–water partition coefficient (Wildman–Crippen LogP) is 3.95. The Balaban J connectivity index is 1.98. The monoisotopic (exact) mass is 513 g/mol. The van der Waals surface area contributed by atoms with Crippen molar-refractivity contribution in [3.05, 3.63) is 45.8 Å². The highest BCUT2D eigenvalue weighted by atomic mass is 79.9. The normalized spacial score (nSPS) is 18.8. The predicted molar refractivity (Wildman–Crippen MR) is 117 cm³/mol. The molecule has 3 rings (SSSR count). The van der Waals surface area contributed by atoms with Gasteiger partial charge >= 0.3 is 0 Å². The van der Waals surface area contributed by atoms with Gasteiger partial charge in [-0.25, -0.2) is 18.4 Å². The summed E-state index contributed by atoms with van der Waals surface area (Å²) >= 11 is 9.45. The molecule has 2 atom stereocenters. The van der Waals surface area contributed by atoms with Crippen LogP contribution in [0.2, 0.25) is 5.02 Å². The summed E-state index contributed by atoms with van der Waals surface area (Å²) in [7, 11) is -3.50. The molecule has 0 aliphatic heterocycles. The number of anilines is 1. The van der Waals surface area contributed by atoms with Crippen LogP contribution in [0.4, 0.5) is 5.82 Å². The van der Waals surface area contributed by atoms with Crippen molar-refractivity contribution >= 4 is 54.9 Å². The number of ketones is 1. The first-order valence-electron chi connectivity index (χ1n) is 9.30. The molecule has 160 valence electrons. The van der Waals surface area contributed by atoms with E-state index in [2.05, 4.69) is 31.2 Å². The van der Waals surface area contributed by atoms with Crippen molar-refractivity contribution in [3.8, 4) is 0 Å². The van der Waals surface area contributed by atoms with E-state index in [0.717, 1.165) is 12.7 Å². The second-order valence-corrected chi connectivity index (χ2v) is 11.0. The van der Waals surface area contributed by atoms with E-state index in [-0.39, 0.29) is 33.3 Å². The number of aromatic nitrogens is 2. The van der Waals surface area contributed by atoms with Gasteiger partial charge in [0.05, 0.1) is 27.7 Å². The Morgan fingerprint density at radius 1 is 1.33 bits per heavy atom. The third-order valence-electron chi connectivity index (χ3n) is 5.38. The number of Topliss-reactive ketones (excluding diaryl/α,β-unsaturated/α-hetero) is 1. The maximum absolute atomic E-state index is 13.3. The second-order valence-electron chi connectivity index (χ2n) is 7.78. The first kappa shape index (κ1) is 22.8. The molecule has 1 N–H and O–H groups in total. The van der Waals surface area contributed by atoms with E-state index in [0.29, 0.717) is 29.4 Å². The third kappa shape index (κ3) is 5.07. The van der Waals surface area contributed by atoms with Crippen molar-refractivity contribution in [1.29, 1.82) is 0 Å². The molecule has 1 aromatic heterocycles. The third-order valence-corrected chi connectivity index (χ3v) is 7.37. The lowest BCUT2D eigenvalue weighted by Crippen LogP contribution is -2.39. The summed E-state index contributed by atoms with van der Waals surface area (Å²) in [6, 6.07) is 4.53. The van der Waals surface area contributed by atoms with Crippen molar-refractivity contribution in [2.24, 2.45) is 5.92 Å². The number of hydrogen-bond acceptors (Lipinski definition) is 6. The van der Waals surface area contributed by atoms with Gasteiger partial charge in [-0.15, -0.1) is 0 Å². The quantitative estimate of drug-likeness (QED) is 0.625. The summed E-state index contributed by atoms with van der Waals surface area (Å²) in [4.78, 5) is 33.3. The molecule has 1 aromatic carbocycles. The van der Waals surface area contributed by atoms with Crippen molar-refractivity contribution < 1.29 is 18.0 Å². The Bertz CT molecular complexity index is 1090.